The Labute approximate surface area is 83.8 Å². The molecule has 0 aliphatic carbocycles. The van der Waals surface area contributed by atoms with Crippen LogP contribution in [-0.4, -0.2) is 49.3 Å². The normalized spacial score (nSPS) is 39.1. The molecular formula is C10H17NO3. The number of carboxylic acids is 1. The van der Waals surface area contributed by atoms with Crippen LogP contribution in [-0.2, 0) is 9.53 Å². The van der Waals surface area contributed by atoms with E-state index in [1.54, 1.807) is 0 Å². The summed E-state index contributed by atoms with van der Waals surface area (Å²) in [7, 11) is 1.99. The Morgan fingerprint density at radius 1 is 1.50 bits per heavy atom. The van der Waals surface area contributed by atoms with E-state index in [2.05, 4.69) is 4.90 Å². The van der Waals surface area contributed by atoms with Crippen LogP contribution in [0.2, 0.25) is 0 Å². The first kappa shape index (κ1) is 9.93. The molecule has 14 heavy (non-hydrogen) atoms. The van der Waals surface area contributed by atoms with Crippen molar-refractivity contribution in [2.24, 2.45) is 17.8 Å². The van der Waals surface area contributed by atoms with Crippen LogP contribution < -0.4 is 0 Å². The van der Waals surface area contributed by atoms with E-state index in [1.165, 1.54) is 0 Å². The minimum atomic E-state index is -0.645. The molecule has 0 bridgehead atoms. The third-order valence-corrected chi connectivity index (χ3v) is 3.42. The summed E-state index contributed by atoms with van der Waals surface area (Å²) < 4.78 is 5.40. The maximum atomic E-state index is 11.1. The number of likely N-dealkylation sites (tertiary alicyclic amines) is 1. The lowest BCUT2D eigenvalue weighted by Gasteiger charge is -2.43. The van der Waals surface area contributed by atoms with Crippen molar-refractivity contribution in [3.8, 4) is 0 Å². The molecule has 4 heteroatoms. The summed E-state index contributed by atoms with van der Waals surface area (Å²) in [6.45, 7) is 3.14. The van der Waals surface area contributed by atoms with E-state index in [0.29, 0.717) is 18.4 Å². The van der Waals surface area contributed by atoms with Crippen LogP contribution in [0.15, 0.2) is 0 Å². The average molecular weight is 199 g/mol. The monoisotopic (exact) mass is 199 g/mol. The zero-order valence-corrected chi connectivity index (χ0v) is 8.48. The summed E-state index contributed by atoms with van der Waals surface area (Å²) in [6, 6.07) is 0. The van der Waals surface area contributed by atoms with Crippen LogP contribution in [0.1, 0.15) is 6.42 Å². The van der Waals surface area contributed by atoms with Gasteiger partial charge in [0.1, 0.15) is 0 Å². The summed E-state index contributed by atoms with van der Waals surface area (Å²) in [5.41, 5.74) is 0. The summed E-state index contributed by atoms with van der Waals surface area (Å²) in [6.07, 6.45) is 0.912. The van der Waals surface area contributed by atoms with Crippen molar-refractivity contribution in [2.75, 3.05) is 33.4 Å². The van der Waals surface area contributed by atoms with Gasteiger partial charge in [0.2, 0.25) is 0 Å². The highest BCUT2D eigenvalue weighted by Crippen LogP contribution is 2.33. The van der Waals surface area contributed by atoms with Crippen molar-refractivity contribution in [3.05, 3.63) is 0 Å². The molecule has 0 radical (unpaired) electrons. The van der Waals surface area contributed by atoms with Crippen molar-refractivity contribution in [3.63, 3.8) is 0 Å². The Morgan fingerprint density at radius 3 is 3.00 bits per heavy atom. The predicted octanol–water partition coefficient (Wildman–Crippen LogP) is 0.285. The molecule has 0 aromatic heterocycles. The van der Waals surface area contributed by atoms with Crippen molar-refractivity contribution in [1.82, 2.24) is 4.90 Å². The van der Waals surface area contributed by atoms with Crippen LogP contribution in [0.25, 0.3) is 0 Å². The molecule has 2 aliphatic heterocycles. The molecular weight excluding hydrogens is 182 g/mol. The molecule has 0 spiro atoms. The van der Waals surface area contributed by atoms with E-state index in [1.807, 2.05) is 7.05 Å². The van der Waals surface area contributed by atoms with Gasteiger partial charge in [0.15, 0.2) is 0 Å². The number of rotatable bonds is 1. The number of hydrogen-bond donors (Lipinski definition) is 1. The van der Waals surface area contributed by atoms with Gasteiger partial charge in [-0.1, -0.05) is 0 Å². The molecule has 0 amide bonds. The Bertz CT molecular complexity index is 231. The molecule has 2 aliphatic rings. The third kappa shape index (κ3) is 1.77. The number of carbonyl (C=O) groups is 1. The third-order valence-electron chi connectivity index (χ3n) is 3.42. The molecule has 1 N–H and O–H groups in total. The van der Waals surface area contributed by atoms with E-state index >= 15 is 0 Å². The molecule has 80 valence electrons. The first-order valence-corrected chi connectivity index (χ1v) is 5.17. The molecule has 2 heterocycles. The minimum absolute atomic E-state index is 0.192. The molecule has 3 atom stereocenters. The summed E-state index contributed by atoms with van der Waals surface area (Å²) >= 11 is 0. The first-order chi connectivity index (χ1) is 6.68. The minimum Gasteiger partial charge on any atom is -0.481 e. The Balaban J connectivity index is 2.10. The average Bonchev–Trinajstić information content (AvgIpc) is 2.16. The van der Waals surface area contributed by atoms with Crippen molar-refractivity contribution in [2.45, 2.75) is 6.42 Å². The van der Waals surface area contributed by atoms with E-state index in [-0.39, 0.29) is 5.92 Å². The summed E-state index contributed by atoms with van der Waals surface area (Å²) in [4.78, 5) is 13.2. The van der Waals surface area contributed by atoms with E-state index in [0.717, 1.165) is 26.2 Å². The Morgan fingerprint density at radius 2 is 2.29 bits per heavy atom. The van der Waals surface area contributed by atoms with Gasteiger partial charge in [0, 0.05) is 19.7 Å². The van der Waals surface area contributed by atoms with E-state index in [4.69, 9.17) is 9.84 Å². The van der Waals surface area contributed by atoms with Crippen LogP contribution in [0.3, 0.4) is 0 Å². The number of aliphatic carboxylic acids is 1. The molecule has 0 aromatic carbocycles. The highest BCUT2D eigenvalue weighted by atomic mass is 16.5. The molecule has 2 saturated heterocycles. The van der Waals surface area contributed by atoms with Gasteiger partial charge in [-0.15, -0.1) is 0 Å². The van der Waals surface area contributed by atoms with E-state index < -0.39 is 5.97 Å². The van der Waals surface area contributed by atoms with Crippen LogP contribution >= 0.6 is 0 Å². The van der Waals surface area contributed by atoms with Gasteiger partial charge in [0.25, 0.3) is 0 Å². The smallest absolute Gasteiger partial charge is 0.308 e. The lowest BCUT2D eigenvalue weighted by Crippen LogP contribution is -2.50. The zero-order valence-electron chi connectivity index (χ0n) is 8.48. The second-order valence-corrected chi connectivity index (χ2v) is 4.45. The standard InChI is InChI=1S/C10H17NO3/c1-11-4-7-6-14-3-2-8(7)9(5-11)10(12)13/h7-9H,2-6H2,1H3,(H,12,13). The second kappa shape index (κ2) is 3.87. The highest BCUT2D eigenvalue weighted by molar-refractivity contribution is 5.70. The number of fused-ring (bicyclic) bond motifs is 1. The molecule has 4 nitrogen and oxygen atoms in total. The number of nitrogens with zero attached hydrogens (tertiary/aromatic N) is 1. The predicted molar refractivity (Wildman–Crippen MR) is 51.0 cm³/mol. The summed E-state index contributed by atoms with van der Waals surface area (Å²) in [5.74, 6) is -0.0860. The Kier molecular flexibility index (Phi) is 2.74. The van der Waals surface area contributed by atoms with Crippen molar-refractivity contribution in [1.29, 1.82) is 0 Å². The fraction of sp³-hybridized carbons (Fsp3) is 0.900. The number of piperidine rings is 1. The van der Waals surface area contributed by atoms with Gasteiger partial charge in [-0.05, 0) is 25.3 Å². The maximum absolute atomic E-state index is 11.1. The van der Waals surface area contributed by atoms with Crippen LogP contribution in [0, 0.1) is 17.8 Å². The van der Waals surface area contributed by atoms with Gasteiger partial charge in [-0.25, -0.2) is 0 Å². The topological polar surface area (TPSA) is 49.8 Å². The van der Waals surface area contributed by atoms with Gasteiger partial charge in [-0.2, -0.15) is 0 Å². The maximum Gasteiger partial charge on any atom is 0.308 e. The molecule has 2 fully saturated rings. The van der Waals surface area contributed by atoms with Crippen molar-refractivity contribution >= 4 is 5.97 Å². The lowest BCUT2D eigenvalue weighted by molar-refractivity contribution is -0.151. The SMILES string of the molecule is CN1CC2COCCC2C(C(=O)O)C1. The Hall–Kier alpha value is -0.610. The van der Waals surface area contributed by atoms with Gasteiger partial charge < -0.3 is 14.7 Å². The first-order valence-electron chi connectivity index (χ1n) is 5.17. The number of hydrogen-bond acceptors (Lipinski definition) is 3. The lowest BCUT2D eigenvalue weighted by atomic mass is 9.75. The fourth-order valence-corrected chi connectivity index (χ4v) is 2.74. The van der Waals surface area contributed by atoms with Gasteiger partial charge in [-0.3, -0.25) is 4.79 Å². The van der Waals surface area contributed by atoms with Gasteiger partial charge in [0.05, 0.1) is 12.5 Å². The second-order valence-electron chi connectivity index (χ2n) is 4.45. The van der Waals surface area contributed by atoms with Gasteiger partial charge >= 0.3 is 5.97 Å². The quantitative estimate of drug-likeness (QED) is 0.659. The molecule has 0 saturated carbocycles. The van der Waals surface area contributed by atoms with E-state index in [9.17, 15) is 4.79 Å². The fourth-order valence-electron chi connectivity index (χ4n) is 2.74. The molecule has 3 unspecified atom stereocenters. The largest absolute Gasteiger partial charge is 0.481 e. The summed E-state index contributed by atoms with van der Waals surface area (Å²) in [5, 5.41) is 9.13. The molecule has 0 aromatic rings. The van der Waals surface area contributed by atoms with Crippen LogP contribution in [0.4, 0.5) is 0 Å². The highest BCUT2D eigenvalue weighted by Gasteiger charge is 2.40. The van der Waals surface area contributed by atoms with Crippen LogP contribution in [0.5, 0.6) is 0 Å². The van der Waals surface area contributed by atoms with Crippen molar-refractivity contribution < 1.29 is 14.6 Å². The number of carboxylic acid groups (broad SMARTS) is 1. The zero-order chi connectivity index (χ0) is 10.1. The molecule has 2 rings (SSSR count). The number of ether oxygens (including phenoxy) is 1.